The second kappa shape index (κ2) is 8.78. The number of amides is 1. The molecule has 1 N–H and O–H groups in total. The molecule has 0 heterocycles. The van der Waals surface area contributed by atoms with Crippen molar-refractivity contribution < 1.29 is 19.1 Å². The average Bonchev–Trinajstić information content (AvgIpc) is 2.59. The lowest BCUT2D eigenvalue weighted by Gasteiger charge is -2.10. The molecule has 1 amide bonds. The number of carbonyl (C=O) groups is 3. The molecule has 0 unspecified atom stereocenters. The summed E-state index contributed by atoms with van der Waals surface area (Å²) in [6, 6.07) is 14.1. The molecule has 0 atom stereocenters. The largest absolute Gasteiger partial charge is 0.484 e. The molecule has 2 aromatic carbocycles. The van der Waals surface area contributed by atoms with Gasteiger partial charge in [-0.3, -0.25) is 9.59 Å². The molecule has 0 radical (unpaired) electrons. The summed E-state index contributed by atoms with van der Waals surface area (Å²) in [5, 5.41) is 2.68. The maximum absolute atomic E-state index is 12.0. The Kier molecular flexibility index (Phi) is 6.46. The lowest BCUT2D eigenvalue weighted by Crippen LogP contribution is -2.21. The van der Waals surface area contributed by atoms with Crippen LogP contribution in [-0.2, 0) is 16.0 Å². The first kappa shape index (κ1) is 18.4. The van der Waals surface area contributed by atoms with Crippen molar-refractivity contribution in [2.24, 2.45) is 0 Å². The van der Waals surface area contributed by atoms with Crippen molar-refractivity contribution in [1.82, 2.24) is 0 Å². The van der Waals surface area contributed by atoms with E-state index in [0.717, 1.165) is 5.56 Å². The Bertz CT molecular complexity index is 766. The quantitative estimate of drug-likeness (QED) is 0.748. The zero-order valence-electron chi connectivity index (χ0n) is 14.4. The fourth-order valence-electron chi connectivity index (χ4n) is 2.31. The van der Waals surface area contributed by atoms with Crippen LogP contribution in [0.2, 0.25) is 0 Å². The van der Waals surface area contributed by atoms with Gasteiger partial charge in [-0.15, -0.1) is 0 Å². The van der Waals surface area contributed by atoms with E-state index < -0.39 is 0 Å². The van der Waals surface area contributed by atoms with Crippen molar-refractivity contribution in [2.45, 2.75) is 26.7 Å². The Balaban J connectivity index is 1.88. The number of aryl methyl sites for hydroxylation is 1. The molecule has 0 fully saturated rings. The smallest absolute Gasteiger partial charge is 0.262 e. The van der Waals surface area contributed by atoms with Crippen LogP contribution in [0.5, 0.6) is 5.75 Å². The van der Waals surface area contributed by atoms with Gasteiger partial charge >= 0.3 is 0 Å². The highest BCUT2D eigenvalue weighted by atomic mass is 16.5. The zero-order valence-corrected chi connectivity index (χ0v) is 14.4. The number of hydrogen-bond donors (Lipinski definition) is 1. The van der Waals surface area contributed by atoms with E-state index in [1.165, 1.54) is 6.92 Å². The second-order valence-corrected chi connectivity index (χ2v) is 5.78. The molecule has 2 rings (SSSR count). The highest BCUT2D eigenvalue weighted by Crippen LogP contribution is 2.16. The van der Waals surface area contributed by atoms with Crippen LogP contribution in [0, 0.1) is 0 Å². The standard InChI is InChI=1S/C20H21NO4/c1-14(22)7-8-16-9-11-17(12-10-16)25-13-20(24)21-19-6-4-3-5-18(19)15(2)23/h3-6,9-12H,7-8,13H2,1-2H3,(H,21,24). The second-order valence-electron chi connectivity index (χ2n) is 5.78. The van der Waals surface area contributed by atoms with Crippen molar-refractivity contribution in [2.75, 3.05) is 11.9 Å². The van der Waals surface area contributed by atoms with Gasteiger partial charge in [0.05, 0.1) is 5.69 Å². The first-order valence-electron chi connectivity index (χ1n) is 8.06. The number of ether oxygens (including phenoxy) is 1. The van der Waals surface area contributed by atoms with E-state index in [-0.39, 0.29) is 24.1 Å². The van der Waals surface area contributed by atoms with Crippen molar-refractivity contribution in [1.29, 1.82) is 0 Å². The van der Waals surface area contributed by atoms with Gasteiger partial charge in [0.2, 0.25) is 0 Å². The molecule has 0 spiro atoms. The molecule has 0 saturated carbocycles. The molecule has 0 bridgehead atoms. The number of nitrogens with one attached hydrogen (secondary N) is 1. The van der Waals surface area contributed by atoms with E-state index in [1.807, 2.05) is 12.1 Å². The number of carbonyl (C=O) groups excluding carboxylic acids is 3. The van der Waals surface area contributed by atoms with E-state index in [4.69, 9.17) is 4.74 Å². The SMILES string of the molecule is CC(=O)CCc1ccc(OCC(=O)Nc2ccccc2C(C)=O)cc1. The van der Waals surface area contributed by atoms with E-state index in [0.29, 0.717) is 29.8 Å². The molecule has 130 valence electrons. The summed E-state index contributed by atoms with van der Waals surface area (Å²) in [7, 11) is 0. The molecule has 0 aromatic heterocycles. The van der Waals surface area contributed by atoms with Crippen molar-refractivity contribution in [3.05, 3.63) is 59.7 Å². The van der Waals surface area contributed by atoms with Crippen LogP contribution in [0.1, 0.15) is 36.2 Å². The van der Waals surface area contributed by atoms with Gasteiger partial charge in [0.1, 0.15) is 11.5 Å². The van der Waals surface area contributed by atoms with E-state index >= 15 is 0 Å². The van der Waals surface area contributed by atoms with Crippen LogP contribution in [0.4, 0.5) is 5.69 Å². The molecule has 0 saturated heterocycles. The van der Waals surface area contributed by atoms with E-state index in [9.17, 15) is 14.4 Å². The first-order chi connectivity index (χ1) is 12.0. The van der Waals surface area contributed by atoms with Crippen molar-refractivity contribution in [3.8, 4) is 5.75 Å². The minimum absolute atomic E-state index is 0.113. The lowest BCUT2D eigenvalue weighted by atomic mass is 10.1. The minimum atomic E-state index is -0.339. The summed E-state index contributed by atoms with van der Waals surface area (Å²) in [6.45, 7) is 2.87. The molecule has 0 aliphatic heterocycles. The molecule has 2 aromatic rings. The third-order valence-electron chi connectivity index (χ3n) is 3.64. The molecule has 25 heavy (non-hydrogen) atoms. The summed E-state index contributed by atoms with van der Waals surface area (Å²) in [6.07, 6.45) is 1.20. The number of para-hydroxylation sites is 1. The van der Waals surface area contributed by atoms with Gasteiger partial charge in [0, 0.05) is 12.0 Å². The zero-order chi connectivity index (χ0) is 18.2. The molecule has 0 aliphatic rings. The van der Waals surface area contributed by atoms with Crippen LogP contribution in [0.25, 0.3) is 0 Å². The fourth-order valence-corrected chi connectivity index (χ4v) is 2.31. The number of ketones is 2. The maximum atomic E-state index is 12.0. The summed E-state index contributed by atoms with van der Waals surface area (Å²) in [4.78, 5) is 34.6. The molecule has 0 aliphatic carbocycles. The number of Topliss-reactive ketones (excluding diaryl/α,β-unsaturated/α-hetero) is 2. The predicted molar refractivity (Wildman–Crippen MR) is 96.0 cm³/mol. The molecular formula is C20H21NO4. The third-order valence-corrected chi connectivity index (χ3v) is 3.64. The summed E-state index contributed by atoms with van der Waals surface area (Å²) in [5.41, 5.74) is 1.98. The highest BCUT2D eigenvalue weighted by Gasteiger charge is 2.10. The maximum Gasteiger partial charge on any atom is 0.262 e. The van der Waals surface area contributed by atoms with Crippen LogP contribution >= 0.6 is 0 Å². The molecule has 5 heteroatoms. The Morgan fingerprint density at radius 2 is 1.64 bits per heavy atom. The Morgan fingerprint density at radius 1 is 0.960 bits per heavy atom. The van der Waals surface area contributed by atoms with Gasteiger partial charge in [-0.2, -0.15) is 0 Å². The van der Waals surface area contributed by atoms with Gasteiger partial charge in [0.25, 0.3) is 5.91 Å². The fraction of sp³-hybridized carbons (Fsp3) is 0.250. The molecule has 5 nitrogen and oxygen atoms in total. The number of hydrogen-bond acceptors (Lipinski definition) is 4. The van der Waals surface area contributed by atoms with Gasteiger partial charge in [-0.05, 0) is 50.1 Å². The van der Waals surface area contributed by atoms with E-state index in [2.05, 4.69) is 5.32 Å². The van der Waals surface area contributed by atoms with Crippen molar-refractivity contribution >= 4 is 23.2 Å². The average molecular weight is 339 g/mol. The van der Waals surface area contributed by atoms with Crippen LogP contribution in [0.15, 0.2) is 48.5 Å². The number of anilines is 1. The van der Waals surface area contributed by atoms with Gasteiger partial charge in [0.15, 0.2) is 12.4 Å². The van der Waals surface area contributed by atoms with Gasteiger partial charge < -0.3 is 14.8 Å². The van der Waals surface area contributed by atoms with Crippen molar-refractivity contribution in [3.63, 3.8) is 0 Å². The van der Waals surface area contributed by atoms with Crippen LogP contribution < -0.4 is 10.1 Å². The topological polar surface area (TPSA) is 72.5 Å². The molecular weight excluding hydrogens is 318 g/mol. The summed E-state index contributed by atoms with van der Waals surface area (Å²) in [5.74, 6) is 0.275. The minimum Gasteiger partial charge on any atom is -0.484 e. The Labute approximate surface area is 147 Å². The monoisotopic (exact) mass is 339 g/mol. The Hall–Kier alpha value is -2.95. The lowest BCUT2D eigenvalue weighted by molar-refractivity contribution is -0.118. The predicted octanol–water partition coefficient (Wildman–Crippen LogP) is 3.43. The van der Waals surface area contributed by atoms with Gasteiger partial charge in [-0.1, -0.05) is 24.3 Å². The summed E-state index contributed by atoms with van der Waals surface area (Å²) < 4.78 is 5.46. The van der Waals surface area contributed by atoms with E-state index in [1.54, 1.807) is 43.3 Å². The number of benzene rings is 2. The van der Waals surface area contributed by atoms with Crippen LogP contribution in [-0.4, -0.2) is 24.1 Å². The normalized spacial score (nSPS) is 10.2. The highest BCUT2D eigenvalue weighted by molar-refractivity contribution is 6.03. The summed E-state index contributed by atoms with van der Waals surface area (Å²) >= 11 is 0. The van der Waals surface area contributed by atoms with Gasteiger partial charge in [-0.25, -0.2) is 0 Å². The third kappa shape index (κ3) is 5.88. The first-order valence-corrected chi connectivity index (χ1v) is 8.06. The van der Waals surface area contributed by atoms with Crippen LogP contribution in [0.3, 0.4) is 0 Å². The number of rotatable bonds is 8. The Morgan fingerprint density at radius 3 is 2.28 bits per heavy atom.